The van der Waals surface area contributed by atoms with E-state index in [0.717, 1.165) is 0 Å². The van der Waals surface area contributed by atoms with Crippen molar-refractivity contribution in [3.05, 3.63) is 53.5 Å². The number of rotatable bonds is 8. The maximum absolute atomic E-state index is 13.7. The van der Waals surface area contributed by atoms with Gasteiger partial charge in [-0.05, 0) is 52.3 Å². The molecule has 0 fully saturated rings. The Kier molecular flexibility index (Phi) is 8.10. The van der Waals surface area contributed by atoms with E-state index >= 15 is 0 Å². The number of methoxy groups -OCH3 is 1. The Morgan fingerprint density at radius 2 is 1.97 bits per heavy atom. The molecule has 11 nitrogen and oxygen atoms in total. The number of hydrogen-bond donors (Lipinski definition) is 1. The topological polar surface area (TPSA) is 130 Å². The predicted octanol–water partition coefficient (Wildman–Crippen LogP) is 3.57. The van der Waals surface area contributed by atoms with Crippen LogP contribution < -0.4 is 9.64 Å². The number of carbonyl (C=O) groups excluding carboxylic acids is 2. The van der Waals surface area contributed by atoms with Crippen molar-refractivity contribution >= 4 is 24.0 Å². The lowest BCUT2D eigenvalue weighted by Gasteiger charge is -2.28. The normalized spacial score (nSPS) is 18.0. The van der Waals surface area contributed by atoms with Crippen LogP contribution in [0.1, 0.15) is 43.2 Å². The van der Waals surface area contributed by atoms with Crippen LogP contribution in [-0.2, 0) is 4.74 Å². The number of Topliss-reactive ketones (excluding diaryl/α,β-unsaturated/α-hetero) is 1. The van der Waals surface area contributed by atoms with E-state index in [-0.39, 0.29) is 12.4 Å². The molecule has 0 saturated carbocycles. The highest BCUT2D eigenvalue weighted by atomic mass is 16.6. The van der Waals surface area contributed by atoms with Crippen LogP contribution in [0.25, 0.3) is 11.3 Å². The summed E-state index contributed by atoms with van der Waals surface area (Å²) in [5, 5.41) is 9.09. The minimum atomic E-state index is -0.685. The van der Waals surface area contributed by atoms with Crippen molar-refractivity contribution in [3.8, 4) is 17.1 Å². The van der Waals surface area contributed by atoms with Gasteiger partial charge in [0.25, 0.3) is 0 Å². The average Bonchev–Trinajstić information content (AvgIpc) is 3.30. The monoisotopic (exact) mass is 534 g/mol. The lowest BCUT2D eigenvalue weighted by Crippen LogP contribution is -2.39. The summed E-state index contributed by atoms with van der Waals surface area (Å²) in [5.74, 6) is 0.186. The van der Waals surface area contributed by atoms with E-state index < -0.39 is 23.8 Å². The molecule has 1 N–H and O–H groups in total. The average molecular weight is 535 g/mol. The second-order valence-corrected chi connectivity index (χ2v) is 10.3. The number of nitrogens with zero attached hydrogens (tertiary/aromatic N) is 6. The number of fused-ring (bicyclic) bond motifs is 1. The summed E-state index contributed by atoms with van der Waals surface area (Å²) in [6.07, 6.45) is 7.88. The molecule has 0 saturated heterocycles. The number of ether oxygens (including phenoxy) is 2. The quantitative estimate of drug-likeness (QED) is 0.505. The number of dihydropyridines is 1. The van der Waals surface area contributed by atoms with Gasteiger partial charge in [0.05, 0.1) is 18.4 Å². The molecule has 39 heavy (non-hydrogen) atoms. The first-order valence-electron chi connectivity index (χ1n) is 12.7. The van der Waals surface area contributed by atoms with Crippen LogP contribution >= 0.6 is 0 Å². The van der Waals surface area contributed by atoms with E-state index in [0.29, 0.717) is 52.9 Å². The van der Waals surface area contributed by atoms with Gasteiger partial charge >= 0.3 is 6.09 Å². The van der Waals surface area contributed by atoms with Gasteiger partial charge in [0.1, 0.15) is 11.8 Å². The van der Waals surface area contributed by atoms with Crippen LogP contribution in [0, 0.1) is 12.8 Å². The first-order valence-corrected chi connectivity index (χ1v) is 12.7. The molecule has 2 aromatic rings. The number of anilines is 1. The molecular weight excluding hydrogens is 500 g/mol. The zero-order chi connectivity index (χ0) is 28.3. The number of amides is 1. The van der Waals surface area contributed by atoms with Crippen LogP contribution in [0.3, 0.4) is 0 Å². The van der Waals surface area contributed by atoms with Crippen molar-refractivity contribution in [3.63, 3.8) is 0 Å². The fourth-order valence-electron chi connectivity index (χ4n) is 4.39. The number of pyridine rings is 1. The molecule has 206 valence electrons. The summed E-state index contributed by atoms with van der Waals surface area (Å²) in [6.45, 7) is 7.80. The third-order valence-electron chi connectivity index (χ3n) is 6.29. The minimum Gasteiger partial charge on any atom is -0.480 e. The van der Waals surface area contributed by atoms with E-state index in [4.69, 9.17) is 14.6 Å². The Labute approximate surface area is 227 Å². The summed E-state index contributed by atoms with van der Waals surface area (Å²) in [5.41, 5.74) is 1.82. The van der Waals surface area contributed by atoms with Crippen molar-refractivity contribution in [2.45, 2.75) is 45.9 Å². The van der Waals surface area contributed by atoms with Crippen molar-refractivity contribution in [2.24, 2.45) is 10.9 Å². The van der Waals surface area contributed by atoms with Gasteiger partial charge in [0.2, 0.25) is 11.8 Å². The van der Waals surface area contributed by atoms with Crippen LogP contribution in [-0.4, -0.2) is 82.1 Å². The summed E-state index contributed by atoms with van der Waals surface area (Å²) < 4.78 is 11.0. The molecule has 0 radical (unpaired) electrons. The van der Waals surface area contributed by atoms with Crippen molar-refractivity contribution < 1.29 is 24.2 Å². The predicted molar refractivity (Wildman–Crippen MR) is 147 cm³/mol. The van der Waals surface area contributed by atoms with Gasteiger partial charge in [0, 0.05) is 61.6 Å². The fourth-order valence-corrected chi connectivity index (χ4v) is 4.39. The van der Waals surface area contributed by atoms with Crippen molar-refractivity contribution in [1.82, 2.24) is 19.9 Å². The molecule has 11 heteroatoms. The van der Waals surface area contributed by atoms with E-state index in [2.05, 4.69) is 19.9 Å². The second-order valence-electron chi connectivity index (χ2n) is 10.3. The Bertz CT molecular complexity index is 1350. The van der Waals surface area contributed by atoms with Gasteiger partial charge in [-0.3, -0.25) is 19.7 Å². The number of aliphatic imine (C=N–C) groups is 1. The van der Waals surface area contributed by atoms with E-state index in [1.165, 1.54) is 18.2 Å². The summed E-state index contributed by atoms with van der Waals surface area (Å²) in [6, 6.07) is 3.44. The van der Waals surface area contributed by atoms with Crippen LogP contribution in [0.15, 0.2) is 47.2 Å². The number of aromatic nitrogens is 3. The van der Waals surface area contributed by atoms with Gasteiger partial charge in [-0.1, -0.05) is 6.08 Å². The highest BCUT2D eigenvalue weighted by Crippen LogP contribution is 2.36. The van der Waals surface area contributed by atoms with Gasteiger partial charge in [-0.15, -0.1) is 0 Å². The zero-order valence-corrected chi connectivity index (χ0v) is 23.1. The molecule has 0 bridgehead atoms. The van der Waals surface area contributed by atoms with E-state index in [9.17, 15) is 9.59 Å². The molecule has 4 rings (SSSR count). The number of aryl methyl sites for hydroxylation is 1. The SMILES string of the molecule is COc1nc(N(C)CCCO)ncc1-c1ccc(C(=O)C2=CN(C(=O)OC(C)(C)C)C3N=CC=CC23)c(C)n1. The molecule has 2 aromatic heterocycles. The summed E-state index contributed by atoms with van der Waals surface area (Å²) in [7, 11) is 3.36. The third kappa shape index (κ3) is 5.98. The number of carbonyl (C=O) groups is 2. The second kappa shape index (κ2) is 11.3. The van der Waals surface area contributed by atoms with Gasteiger partial charge in [0.15, 0.2) is 5.78 Å². The molecule has 4 heterocycles. The fraction of sp³-hybridized carbons (Fsp3) is 0.429. The minimum absolute atomic E-state index is 0.0780. The number of ketones is 1. The molecule has 1 amide bonds. The number of hydrogen-bond acceptors (Lipinski definition) is 10. The molecular formula is C28H34N6O5. The van der Waals surface area contributed by atoms with E-state index in [1.807, 2.05) is 18.0 Å². The Hall–Kier alpha value is -4.12. The Morgan fingerprint density at radius 1 is 1.21 bits per heavy atom. The molecule has 2 aliphatic heterocycles. The summed E-state index contributed by atoms with van der Waals surface area (Å²) in [4.78, 5) is 47.8. The molecule has 0 spiro atoms. The van der Waals surface area contributed by atoms with Crippen LogP contribution in [0.5, 0.6) is 5.88 Å². The number of aliphatic hydroxyl groups excluding tert-OH is 1. The molecule has 2 atom stereocenters. The highest BCUT2D eigenvalue weighted by molar-refractivity contribution is 6.11. The standard InChI is InChI=1S/C28H34N6O5/c1-17-18(10-11-22(31-17)20-15-30-26(32-25(20)38-6)33(5)13-8-14-35)23(36)21-16-34(27(37)39-28(2,3)4)24-19(21)9-7-12-29-24/h7,9-12,15-16,19,24,35H,8,13-14H2,1-6H3. The van der Waals surface area contributed by atoms with E-state index in [1.54, 1.807) is 58.3 Å². The molecule has 2 aliphatic rings. The highest BCUT2D eigenvalue weighted by Gasteiger charge is 2.42. The molecule has 0 aromatic carbocycles. The molecule has 0 aliphatic carbocycles. The third-order valence-corrected chi connectivity index (χ3v) is 6.29. The Morgan fingerprint density at radius 3 is 2.64 bits per heavy atom. The maximum Gasteiger partial charge on any atom is 0.416 e. The molecule has 2 unspecified atom stereocenters. The van der Waals surface area contributed by atoms with Gasteiger partial charge in [-0.25, -0.2) is 9.78 Å². The number of allylic oxidation sites excluding steroid dienone is 1. The number of aliphatic hydroxyl groups is 1. The summed E-state index contributed by atoms with van der Waals surface area (Å²) >= 11 is 0. The zero-order valence-electron chi connectivity index (χ0n) is 23.1. The largest absolute Gasteiger partial charge is 0.480 e. The van der Waals surface area contributed by atoms with Crippen molar-refractivity contribution in [2.75, 3.05) is 32.2 Å². The van der Waals surface area contributed by atoms with Crippen LogP contribution in [0.4, 0.5) is 10.7 Å². The first-order chi connectivity index (χ1) is 18.5. The maximum atomic E-state index is 13.7. The Balaban J connectivity index is 1.62. The van der Waals surface area contributed by atoms with Gasteiger partial charge < -0.3 is 19.5 Å². The lowest BCUT2D eigenvalue weighted by atomic mass is 9.90. The van der Waals surface area contributed by atoms with Crippen molar-refractivity contribution in [1.29, 1.82) is 0 Å². The van der Waals surface area contributed by atoms with Crippen LogP contribution in [0.2, 0.25) is 0 Å². The first kappa shape index (κ1) is 27.9. The lowest BCUT2D eigenvalue weighted by molar-refractivity contribution is 0.0279. The smallest absolute Gasteiger partial charge is 0.416 e. The van der Waals surface area contributed by atoms with Gasteiger partial charge in [-0.2, -0.15) is 4.98 Å².